The van der Waals surface area contributed by atoms with Crippen molar-refractivity contribution in [2.24, 2.45) is 0 Å². The number of rotatable bonds is 4. The van der Waals surface area contributed by atoms with Crippen LogP contribution in [-0.2, 0) is 0 Å². The third kappa shape index (κ3) is 3.22. The van der Waals surface area contributed by atoms with Crippen molar-refractivity contribution in [3.63, 3.8) is 0 Å². The molecule has 0 saturated heterocycles. The first-order valence-electron chi connectivity index (χ1n) is 7.40. The molecule has 2 N–H and O–H groups in total. The third-order valence-electron chi connectivity index (χ3n) is 4.11. The average molecular weight is 277 g/mol. The first kappa shape index (κ1) is 13.6. The lowest BCUT2D eigenvalue weighted by atomic mass is 9.79. The molecule has 0 bridgehead atoms. The highest BCUT2D eigenvalue weighted by molar-refractivity contribution is 6.06. The highest BCUT2D eigenvalue weighted by atomic mass is 16.1. The minimum absolute atomic E-state index is 0.0491. The summed E-state index contributed by atoms with van der Waals surface area (Å²) in [7, 11) is 0. The summed E-state index contributed by atoms with van der Waals surface area (Å²) >= 11 is 0. The van der Waals surface area contributed by atoms with Gasteiger partial charge in [0.25, 0.3) is 0 Å². The van der Waals surface area contributed by atoms with Crippen molar-refractivity contribution in [1.82, 2.24) is 0 Å². The third-order valence-corrected chi connectivity index (χ3v) is 4.11. The summed E-state index contributed by atoms with van der Waals surface area (Å²) in [5, 5.41) is 0. The van der Waals surface area contributed by atoms with E-state index in [4.69, 9.17) is 5.73 Å². The number of carbonyl (C=O) groups is 1. The summed E-state index contributed by atoms with van der Waals surface area (Å²) in [5.74, 6) is 0.701. The fraction of sp³-hybridized carbons (Fsp3) is 0.211. The Bertz CT molecular complexity index is 666. The van der Waals surface area contributed by atoms with Gasteiger partial charge in [0.05, 0.1) is 0 Å². The van der Waals surface area contributed by atoms with E-state index in [2.05, 4.69) is 6.07 Å². The van der Waals surface area contributed by atoms with E-state index in [0.29, 0.717) is 5.92 Å². The normalized spacial score (nSPS) is 15.0. The smallest absolute Gasteiger partial charge is 0.185 e. The van der Waals surface area contributed by atoms with Gasteiger partial charge in [0.15, 0.2) is 5.78 Å². The fourth-order valence-electron chi connectivity index (χ4n) is 2.56. The van der Waals surface area contributed by atoms with Crippen molar-refractivity contribution >= 4 is 17.5 Å². The zero-order valence-electron chi connectivity index (χ0n) is 12.0. The van der Waals surface area contributed by atoms with Crippen molar-refractivity contribution in [2.45, 2.75) is 25.2 Å². The van der Waals surface area contributed by atoms with E-state index in [1.54, 1.807) is 6.08 Å². The lowest BCUT2D eigenvalue weighted by Gasteiger charge is -2.25. The molecule has 0 aromatic heterocycles. The largest absolute Gasteiger partial charge is 0.399 e. The zero-order chi connectivity index (χ0) is 14.7. The van der Waals surface area contributed by atoms with Crippen molar-refractivity contribution in [3.8, 4) is 0 Å². The van der Waals surface area contributed by atoms with Crippen LogP contribution >= 0.6 is 0 Å². The lowest BCUT2D eigenvalue weighted by molar-refractivity contribution is 0.104. The van der Waals surface area contributed by atoms with Crippen LogP contribution in [0.4, 0.5) is 5.69 Å². The molecule has 1 aliphatic rings. The number of nitrogen functional groups attached to an aromatic ring is 1. The first-order valence-corrected chi connectivity index (χ1v) is 7.40. The number of nitrogens with two attached hydrogens (primary N) is 1. The number of ketones is 1. The number of benzene rings is 2. The molecule has 1 fully saturated rings. The molecular weight excluding hydrogens is 258 g/mol. The van der Waals surface area contributed by atoms with Crippen LogP contribution in [0.2, 0.25) is 0 Å². The zero-order valence-corrected chi connectivity index (χ0v) is 12.0. The highest BCUT2D eigenvalue weighted by Gasteiger charge is 2.19. The number of allylic oxidation sites excluding steroid dienone is 1. The number of carbonyl (C=O) groups excluding carboxylic acids is 1. The lowest BCUT2D eigenvalue weighted by Crippen LogP contribution is -2.09. The second kappa shape index (κ2) is 5.96. The van der Waals surface area contributed by atoms with Crippen molar-refractivity contribution in [3.05, 3.63) is 71.3 Å². The standard InChI is InChI=1S/C19H19NO/c20-18-10-7-14(8-11-18)9-12-19(21)17-6-2-5-16(13-17)15-3-1-4-15/h2,5-13,15H,1,3-4,20H2/b12-9+. The van der Waals surface area contributed by atoms with Crippen LogP contribution < -0.4 is 5.73 Å². The second-order valence-electron chi connectivity index (χ2n) is 5.62. The van der Waals surface area contributed by atoms with Crippen LogP contribution in [-0.4, -0.2) is 5.78 Å². The van der Waals surface area contributed by atoms with Gasteiger partial charge < -0.3 is 5.73 Å². The van der Waals surface area contributed by atoms with E-state index >= 15 is 0 Å². The van der Waals surface area contributed by atoms with Gasteiger partial charge in [-0.2, -0.15) is 0 Å². The molecule has 0 spiro atoms. The van der Waals surface area contributed by atoms with E-state index in [1.807, 2.05) is 48.5 Å². The van der Waals surface area contributed by atoms with Crippen molar-refractivity contribution in [2.75, 3.05) is 5.73 Å². The van der Waals surface area contributed by atoms with Gasteiger partial charge in [0, 0.05) is 11.3 Å². The molecule has 0 unspecified atom stereocenters. The van der Waals surface area contributed by atoms with Crippen LogP contribution in [0.25, 0.3) is 6.08 Å². The quantitative estimate of drug-likeness (QED) is 0.510. The molecule has 1 aliphatic carbocycles. The maximum atomic E-state index is 12.3. The van der Waals surface area contributed by atoms with E-state index in [9.17, 15) is 4.79 Å². The van der Waals surface area contributed by atoms with Crippen LogP contribution in [0.1, 0.15) is 46.7 Å². The molecule has 106 valence electrons. The number of hydrogen-bond acceptors (Lipinski definition) is 2. The topological polar surface area (TPSA) is 43.1 Å². The van der Waals surface area contributed by atoms with Gasteiger partial charge in [-0.1, -0.05) is 42.8 Å². The number of anilines is 1. The summed E-state index contributed by atoms with van der Waals surface area (Å²) in [6, 6.07) is 15.5. The van der Waals surface area contributed by atoms with Crippen molar-refractivity contribution < 1.29 is 4.79 Å². The Morgan fingerprint density at radius 2 is 1.86 bits per heavy atom. The molecule has 2 nitrogen and oxygen atoms in total. The Morgan fingerprint density at radius 3 is 2.52 bits per heavy atom. The summed E-state index contributed by atoms with van der Waals surface area (Å²) in [6.07, 6.45) is 7.26. The molecule has 3 rings (SSSR count). The van der Waals surface area contributed by atoms with Crippen LogP contribution in [0, 0.1) is 0 Å². The molecule has 2 aromatic carbocycles. The summed E-state index contributed by atoms with van der Waals surface area (Å²) in [4.78, 5) is 12.3. The van der Waals surface area contributed by atoms with Crippen molar-refractivity contribution in [1.29, 1.82) is 0 Å². The van der Waals surface area contributed by atoms with Crippen LogP contribution in [0.3, 0.4) is 0 Å². The molecule has 0 aliphatic heterocycles. The minimum atomic E-state index is 0.0491. The van der Waals surface area contributed by atoms with Gasteiger partial charge in [-0.15, -0.1) is 0 Å². The predicted octanol–water partition coefficient (Wildman–Crippen LogP) is 4.43. The Kier molecular flexibility index (Phi) is 3.87. The second-order valence-corrected chi connectivity index (χ2v) is 5.62. The highest BCUT2D eigenvalue weighted by Crippen LogP contribution is 2.36. The Labute approximate surface area is 125 Å². The van der Waals surface area contributed by atoms with Gasteiger partial charge >= 0.3 is 0 Å². The van der Waals surface area contributed by atoms with Gasteiger partial charge in [0.1, 0.15) is 0 Å². The molecule has 2 heteroatoms. The summed E-state index contributed by atoms with van der Waals surface area (Å²) in [6.45, 7) is 0. The fourth-order valence-corrected chi connectivity index (χ4v) is 2.56. The van der Waals surface area contributed by atoms with E-state index in [0.717, 1.165) is 16.8 Å². The predicted molar refractivity (Wildman–Crippen MR) is 87.3 cm³/mol. The molecule has 0 radical (unpaired) electrons. The first-order chi connectivity index (χ1) is 10.2. The van der Waals surface area contributed by atoms with Gasteiger partial charge in [-0.05, 0) is 54.2 Å². The average Bonchev–Trinajstić information content (AvgIpc) is 2.45. The summed E-state index contributed by atoms with van der Waals surface area (Å²) < 4.78 is 0. The van der Waals surface area contributed by atoms with E-state index in [-0.39, 0.29) is 5.78 Å². The molecule has 0 atom stereocenters. The van der Waals surface area contributed by atoms with Gasteiger partial charge in [-0.25, -0.2) is 0 Å². The molecule has 0 heterocycles. The monoisotopic (exact) mass is 277 g/mol. The maximum Gasteiger partial charge on any atom is 0.185 e. The molecule has 21 heavy (non-hydrogen) atoms. The van der Waals surface area contributed by atoms with Crippen LogP contribution in [0.5, 0.6) is 0 Å². The summed E-state index contributed by atoms with van der Waals surface area (Å²) in [5.41, 5.74) is 9.42. The SMILES string of the molecule is Nc1ccc(/C=C/C(=O)c2cccc(C3CCC3)c2)cc1. The molecule has 0 amide bonds. The molecule has 1 saturated carbocycles. The molecule has 2 aromatic rings. The van der Waals surface area contributed by atoms with E-state index < -0.39 is 0 Å². The van der Waals surface area contributed by atoms with Crippen LogP contribution in [0.15, 0.2) is 54.6 Å². The number of hydrogen-bond donors (Lipinski definition) is 1. The minimum Gasteiger partial charge on any atom is -0.399 e. The maximum absolute atomic E-state index is 12.3. The van der Waals surface area contributed by atoms with Gasteiger partial charge in [0.2, 0.25) is 0 Å². The Morgan fingerprint density at radius 1 is 1.10 bits per heavy atom. The Hall–Kier alpha value is -2.35. The van der Waals surface area contributed by atoms with Gasteiger partial charge in [-0.3, -0.25) is 4.79 Å². The van der Waals surface area contributed by atoms with E-state index in [1.165, 1.54) is 24.8 Å². The Balaban J connectivity index is 1.74. The molecular formula is C19H19NO.